The van der Waals surface area contributed by atoms with Crippen molar-refractivity contribution in [3.8, 4) is 0 Å². The van der Waals surface area contributed by atoms with Crippen LogP contribution in [-0.4, -0.2) is 29.3 Å². The minimum atomic E-state index is -1.25. The van der Waals surface area contributed by atoms with E-state index >= 15 is 0 Å². The third kappa shape index (κ3) is 3.45. The summed E-state index contributed by atoms with van der Waals surface area (Å²) in [5.74, 6) is -0.910. The van der Waals surface area contributed by atoms with Crippen LogP contribution < -0.4 is 10.6 Å². The lowest BCUT2D eigenvalue weighted by atomic mass is 9.88. The van der Waals surface area contributed by atoms with Gasteiger partial charge in [0.25, 0.3) is 5.91 Å². The predicted molar refractivity (Wildman–Crippen MR) is 119 cm³/mol. The van der Waals surface area contributed by atoms with Gasteiger partial charge in [0, 0.05) is 4.47 Å². The average Bonchev–Trinajstić information content (AvgIpc) is 2.93. The Kier molecular flexibility index (Phi) is 5.07. The topological polar surface area (TPSA) is 78.5 Å². The summed E-state index contributed by atoms with van der Waals surface area (Å²) >= 11 is 3.41. The Balaban J connectivity index is 1.58. The molecule has 2 N–H and O–H groups in total. The maximum absolute atomic E-state index is 13.2. The molecule has 1 aliphatic heterocycles. The number of carbonyl (C=O) groups is 3. The molecule has 0 saturated carbocycles. The lowest BCUT2D eigenvalue weighted by molar-refractivity contribution is -0.133. The van der Waals surface area contributed by atoms with Gasteiger partial charge in [0.05, 0.1) is 5.69 Å². The molecule has 0 bridgehead atoms. The minimum absolute atomic E-state index is 0.370. The standard InChI is InChI=1S/C23H20BrN3O3/c1-14-10-11-19(18(24)12-14)25-20(28)13-27-21(29)23(2,26-22(27)30)17-9-5-7-15-6-3-4-8-16(15)17/h3-12H,13H2,1-2H3,(H,25,28)(H,26,30). The van der Waals surface area contributed by atoms with Gasteiger partial charge in [0.2, 0.25) is 5.91 Å². The largest absolute Gasteiger partial charge is 0.325 e. The van der Waals surface area contributed by atoms with Crippen LogP contribution in [-0.2, 0) is 15.1 Å². The van der Waals surface area contributed by atoms with Crippen molar-refractivity contribution in [3.05, 3.63) is 76.3 Å². The van der Waals surface area contributed by atoms with E-state index in [2.05, 4.69) is 26.6 Å². The van der Waals surface area contributed by atoms with Crippen LogP contribution in [0.2, 0.25) is 0 Å². The van der Waals surface area contributed by atoms with Crippen molar-refractivity contribution in [3.63, 3.8) is 0 Å². The lowest BCUT2D eigenvalue weighted by Crippen LogP contribution is -2.42. The van der Waals surface area contributed by atoms with Crippen LogP contribution in [0.1, 0.15) is 18.1 Å². The summed E-state index contributed by atoms with van der Waals surface area (Å²) in [5.41, 5.74) is 1.07. The Morgan fingerprint density at radius 1 is 1.10 bits per heavy atom. The highest BCUT2D eigenvalue weighted by Crippen LogP contribution is 2.34. The zero-order valence-corrected chi connectivity index (χ0v) is 18.1. The SMILES string of the molecule is Cc1ccc(NC(=O)CN2C(=O)NC(C)(c3cccc4ccccc34)C2=O)c(Br)c1. The van der Waals surface area contributed by atoms with Gasteiger partial charge < -0.3 is 10.6 Å². The first kappa shape index (κ1) is 20.1. The zero-order valence-electron chi connectivity index (χ0n) is 16.5. The first-order chi connectivity index (χ1) is 14.3. The van der Waals surface area contributed by atoms with Crippen LogP contribution in [0.4, 0.5) is 10.5 Å². The molecule has 0 aliphatic carbocycles. The molecule has 1 fully saturated rings. The number of benzene rings is 3. The van der Waals surface area contributed by atoms with Crippen molar-refractivity contribution < 1.29 is 14.4 Å². The van der Waals surface area contributed by atoms with E-state index in [9.17, 15) is 14.4 Å². The van der Waals surface area contributed by atoms with Crippen molar-refractivity contribution in [2.45, 2.75) is 19.4 Å². The summed E-state index contributed by atoms with van der Waals surface area (Å²) < 4.78 is 0.730. The fraction of sp³-hybridized carbons (Fsp3) is 0.174. The number of imide groups is 1. The molecule has 1 aliphatic rings. The number of halogens is 1. The van der Waals surface area contributed by atoms with E-state index in [1.165, 1.54) is 0 Å². The maximum atomic E-state index is 13.2. The Hall–Kier alpha value is -3.19. The first-order valence-corrected chi connectivity index (χ1v) is 10.3. The van der Waals surface area contributed by atoms with Crippen LogP contribution in [0, 0.1) is 6.92 Å². The van der Waals surface area contributed by atoms with E-state index < -0.39 is 23.4 Å². The molecule has 0 aromatic heterocycles. The van der Waals surface area contributed by atoms with E-state index in [1.807, 2.05) is 61.5 Å². The number of carbonyl (C=O) groups excluding carboxylic acids is 3. The summed E-state index contributed by atoms with van der Waals surface area (Å²) in [4.78, 5) is 39.4. The van der Waals surface area contributed by atoms with Crippen molar-refractivity contribution in [1.29, 1.82) is 0 Å². The number of urea groups is 1. The summed E-state index contributed by atoms with van der Waals surface area (Å²) in [5, 5.41) is 7.37. The molecule has 3 aromatic rings. The normalized spacial score (nSPS) is 18.6. The predicted octanol–water partition coefficient (Wildman–Crippen LogP) is 4.32. The summed E-state index contributed by atoms with van der Waals surface area (Å²) in [7, 11) is 0. The number of rotatable bonds is 4. The molecule has 1 heterocycles. The quantitative estimate of drug-likeness (QED) is 0.563. The average molecular weight is 466 g/mol. The van der Waals surface area contributed by atoms with E-state index in [1.54, 1.807) is 13.0 Å². The number of anilines is 1. The van der Waals surface area contributed by atoms with Crippen LogP contribution in [0.5, 0.6) is 0 Å². The fourth-order valence-electron chi connectivity index (χ4n) is 3.74. The van der Waals surface area contributed by atoms with Crippen LogP contribution in [0.3, 0.4) is 0 Å². The smallest absolute Gasteiger partial charge is 0.323 e. The summed E-state index contributed by atoms with van der Waals surface area (Å²) in [6, 6.07) is 18.2. The van der Waals surface area contributed by atoms with Gasteiger partial charge in [0.1, 0.15) is 12.1 Å². The van der Waals surface area contributed by atoms with Crippen LogP contribution in [0.25, 0.3) is 10.8 Å². The Labute approximate surface area is 182 Å². The fourth-order valence-corrected chi connectivity index (χ4v) is 4.33. The van der Waals surface area contributed by atoms with Gasteiger partial charge in [-0.05, 0) is 63.8 Å². The molecular weight excluding hydrogens is 446 g/mol. The number of aryl methyl sites for hydroxylation is 1. The molecule has 0 radical (unpaired) electrons. The number of hydrogen-bond donors (Lipinski definition) is 2. The molecule has 3 aromatic carbocycles. The highest BCUT2D eigenvalue weighted by atomic mass is 79.9. The number of hydrogen-bond acceptors (Lipinski definition) is 3. The van der Waals surface area contributed by atoms with E-state index in [-0.39, 0.29) is 6.54 Å². The molecule has 7 heteroatoms. The zero-order chi connectivity index (χ0) is 21.5. The molecule has 30 heavy (non-hydrogen) atoms. The summed E-state index contributed by atoms with van der Waals surface area (Å²) in [6.07, 6.45) is 0. The Morgan fingerprint density at radius 3 is 2.60 bits per heavy atom. The van der Waals surface area contributed by atoms with Crippen molar-refractivity contribution >= 4 is 50.2 Å². The van der Waals surface area contributed by atoms with E-state index in [0.717, 1.165) is 25.7 Å². The third-order valence-electron chi connectivity index (χ3n) is 5.30. The van der Waals surface area contributed by atoms with Gasteiger partial charge in [-0.2, -0.15) is 0 Å². The van der Waals surface area contributed by atoms with E-state index in [4.69, 9.17) is 0 Å². The Morgan fingerprint density at radius 2 is 1.83 bits per heavy atom. The molecule has 1 atom stereocenters. The number of nitrogens with one attached hydrogen (secondary N) is 2. The molecule has 6 nitrogen and oxygen atoms in total. The van der Waals surface area contributed by atoms with Gasteiger partial charge in [-0.15, -0.1) is 0 Å². The van der Waals surface area contributed by atoms with Gasteiger partial charge >= 0.3 is 6.03 Å². The van der Waals surface area contributed by atoms with Gasteiger partial charge in [-0.1, -0.05) is 48.5 Å². The number of nitrogens with zero attached hydrogens (tertiary/aromatic N) is 1. The summed E-state index contributed by atoms with van der Waals surface area (Å²) in [6.45, 7) is 3.24. The highest BCUT2D eigenvalue weighted by Gasteiger charge is 2.50. The second kappa shape index (κ2) is 7.57. The number of fused-ring (bicyclic) bond motifs is 1. The second-order valence-electron chi connectivity index (χ2n) is 7.50. The molecule has 1 saturated heterocycles. The molecular formula is C23H20BrN3O3. The second-order valence-corrected chi connectivity index (χ2v) is 8.36. The van der Waals surface area contributed by atoms with Gasteiger partial charge in [-0.25, -0.2) is 4.79 Å². The lowest BCUT2D eigenvalue weighted by Gasteiger charge is -2.24. The number of amides is 4. The van der Waals surface area contributed by atoms with Crippen LogP contribution >= 0.6 is 15.9 Å². The molecule has 152 valence electrons. The van der Waals surface area contributed by atoms with Gasteiger partial charge in [-0.3, -0.25) is 14.5 Å². The third-order valence-corrected chi connectivity index (χ3v) is 5.96. The molecule has 4 amide bonds. The van der Waals surface area contributed by atoms with Crippen molar-refractivity contribution in [2.24, 2.45) is 0 Å². The molecule has 4 rings (SSSR count). The molecule has 1 unspecified atom stereocenters. The first-order valence-electron chi connectivity index (χ1n) is 9.48. The van der Waals surface area contributed by atoms with Crippen molar-refractivity contribution in [2.75, 3.05) is 11.9 Å². The highest BCUT2D eigenvalue weighted by molar-refractivity contribution is 9.10. The van der Waals surface area contributed by atoms with Gasteiger partial charge in [0.15, 0.2) is 0 Å². The van der Waals surface area contributed by atoms with E-state index in [0.29, 0.717) is 11.3 Å². The Bertz CT molecular complexity index is 1190. The molecule has 0 spiro atoms. The van der Waals surface area contributed by atoms with Crippen molar-refractivity contribution in [1.82, 2.24) is 10.2 Å². The minimum Gasteiger partial charge on any atom is -0.323 e. The van der Waals surface area contributed by atoms with Crippen LogP contribution in [0.15, 0.2) is 65.1 Å². The maximum Gasteiger partial charge on any atom is 0.325 e. The monoisotopic (exact) mass is 465 g/mol.